The van der Waals surface area contributed by atoms with E-state index in [4.69, 9.17) is 27.9 Å². The van der Waals surface area contributed by atoms with Crippen LogP contribution < -0.4 is 10.1 Å². The Hall–Kier alpha value is -1.36. The Morgan fingerprint density at radius 1 is 1.12 bits per heavy atom. The van der Waals surface area contributed by atoms with Crippen LogP contribution >= 0.6 is 35.0 Å². The maximum Gasteiger partial charge on any atom is 0.230 e. The molecule has 2 rings (SSSR count). The van der Waals surface area contributed by atoms with E-state index < -0.39 is 0 Å². The van der Waals surface area contributed by atoms with Crippen LogP contribution in [0.15, 0.2) is 42.5 Å². The third-order valence-electron chi connectivity index (χ3n) is 3.29. The first-order chi connectivity index (χ1) is 11.6. The van der Waals surface area contributed by atoms with Gasteiger partial charge in [0.2, 0.25) is 5.91 Å². The molecule has 0 heterocycles. The van der Waals surface area contributed by atoms with Crippen LogP contribution in [0.3, 0.4) is 0 Å². The lowest BCUT2D eigenvalue weighted by Crippen LogP contribution is -2.25. The van der Waals surface area contributed by atoms with Crippen LogP contribution in [0.25, 0.3) is 0 Å². The van der Waals surface area contributed by atoms with Crippen molar-refractivity contribution in [1.29, 1.82) is 0 Å². The quantitative estimate of drug-likeness (QED) is 0.701. The molecule has 24 heavy (non-hydrogen) atoms. The summed E-state index contributed by atoms with van der Waals surface area (Å²) in [5, 5.41) is 4.16. The second kappa shape index (κ2) is 9.82. The average molecular weight is 384 g/mol. The number of nitrogens with one attached hydrogen (secondary N) is 1. The highest BCUT2D eigenvalue weighted by Crippen LogP contribution is 2.28. The van der Waals surface area contributed by atoms with E-state index in [9.17, 15) is 4.79 Å². The molecule has 0 aromatic heterocycles. The summed E-state index contributed by atoms with van der Waals surface area (Å²) in [6.45, 7) is 2.98. The van der Waals surface area contributed by atoms with Gasteiger partial charge in [0.1, 0.15) is 5.75 Å². The summed E-state index contributed by atoms with van der Waals surface area (Å²) in [5.74, 6) is 1.71. The van der Waals surface area contributed by atoms with Crippen LogP contribution in [-0.4, -0.2) is 18.3 Å². The predicted octanol–water partition coefficient (Wildman–Crippen LogP) is 4.94. The molecular formula is C18H19Cl2NO2S. The third-order valence-corrected chi connectivity index (χ3v) is 4.96. The Kier molecular flexibility index (Phi) is 7.76. The number of hydrogen-bond donors (Lipinski definition) is 1. The van der Waals surface area contributed by atoms with Crippen molar-refractivity contribution >= 4 is 40.9 Å². The number of thioether (sulfide) groups is 1. The zero-order chi connectivity index (χ0) is 17.4. The summed E-state index contributed by atoms with van der Waals surface area (Å²) in [6.07, 6.45) is 0. The predicted molar refractivity (Wildman–Crippen MR) is 102 cm³/mol. The summed E-state index contributed by atoms with van der Waals surface area (Å²) in [7, 11) is 0. The fourth-order valence-corrected chi connectivity index (χ4v) is 3.70. The van der Waals surface area contributed by atoms with Gasteiger partial charge in [-0.1, -0.05) is 47.5 Å². The lowest BCUT2D eigenvalue weighted by molar-refractivity contribution is -0.118. The van der Waals surface area contributed by atoms with Crippen LogP contribution in [0.4, 0.5) is 0 Å². The largest absolute Gasteiger partial charge is 0.494 e. The zero-order valence-electron chi connectivity index (χ0n) is 13.4. The maximum absolute atomic E-state index is 12.0. The van der Waals surface area contributed by atoms with Gasteiger partial charge in [-0.15, -0.1) is 11.8 Å². The number of ether oxygens (including phenoxy) is 1. The second-order valence-corrected chi connectivity index (χ2v) is 6.81. The van der Waals surface area contributed by atoms with E-state index in [1.165, 1.54) is 11.8 Å². The van der Waals surface area contributed by atoms with Crippen molar-refractivity contribution in [3.8, 4) is 5.75 Å². The smallest absolute Gasteiger partial charge is 0.230 e. The average Bonchev–Trinajstić information content (AvgIpc) is 2.57. The van der Waals surface area contributed by atoms with E-state index >= 15 is 0 Å². The zero-order valence-corrected chi connectivity index (χ0v) is 15.7. The van der Waals surface area contributed by atoms with E-state index in [-0.39, 0.29) is 5.91 Å². The fraction of sp³-hybridized carbons (Fsp3) is 0.278. The number of benzene rings is 2. The van der Waals surface area contributed by atoms with E-state index in [0.29, 0.717) is 34.7 Å². The molecule has 0 fully saturated rings. The minimum absolute atomic E-state index is 0.0329. The molecule has 0 unspecified atom stereocenters. The minimum atomic E-state index is -0.0329. The topological polar surface area (TPSA) is 38.3 Å². The molecule has 0 aliphatic rings. The highest BCUT2D eigenvalue weighted by molar-refractivity contribution is 7.99. The number of carbonyl (C=O) groups excluding carboxylic acids is 1. The van der Waals surface area contributed by atoms with Crippen molar-refractivity contribution in [2.45, 2.75) is 19.2 Å². The summed E-state index contributed by atoms with van der Waals surface area (Å²) in [4.78, 5) is 12.0. The highest BCUT2D eigenvalue weighted by Gasteiger charge is 2.08. The van der Waals surface area contributed by atoms with E-state index in [1.807, 2.05) is 31.2 Å². The van der Waals surface area contributed by atoms with Crippen molar-refractivity contribution in [3.63, 3.8) is 0 Å². The van der Waals surface area contributed by atoms with Gasteiger partial charge in [0.25, 0.3) is 0 Å². The van der Waals surface area contributed by atoms with Crippen molar-refractivity contribution < 1.29 is 9.53 Å². The number of hydrogen-bond acceptors (Lipinski definition) is 3. The molecule has 3 nitrogen and oxygen atoms in total. The maximum atomic E-state index is 12.0. The van der Waals surface area contributed by atoms with Gasteiger partial charge in [0, 0.05) is 27.9 Å². The molecule has 0 spiro atoms. The lowest BCUT2D eigenvalue weighted by Gasteiger charge is -2.11. The Bertz CT molecular complexity index is 674. The van der Waals surface area contributed by atoms with Crippen LogP contribution in [0, 0.1) is 0 Å². The molecule has 0 saturated carbocycles. The monoisotopic (exact) mass is 383 g/mol. The second-order valence-electron chi connectivity index (χ2n) is 5.01. The van der Waals surface area contributed by atoms with Crippen LogP contribution in [0.1, 0.15) is 18.1 Å². The standard InChI is InChI=1S/C18H19Cl2NO2S/c1-2-23-17-9-4-3-6-13(17)10-21-18(22)12-24-11-14-15(19)7-5-8-16(14)20/h3-9H,2,10-12H2,1H3,(H,21,22). The van der Waals surface area contributed by atoms with Gasteiger partial charge < -0.3 is 10.1 Å². The van der Waals surface area contributed by atoms with E-state index in [1.54, 1.807) is 18.2 Å². The lowest BCUT2D eigenvalue weighted by atomic mass is 10.2. The Morgan fingerprint density at radius 2 is 1.83 bits per heavy atom. The van der Waals surface area contributed by atoms with Crippen molar-refractivity contribution in [2.24, 2.45) is 0 Å². The number of para-hydroxylation sites is 1. The molecule has 1 amide bonds. The molecule has 0 atom stereocenters. The Morgan fingerprint density at radius 3 is 2.54 bits per heavy atom. The van der Waals surface area contributed by atoms with Crippen molar-refractivity contribution in [2.75, 3.05) is 12.4 Å². The van der Waals surface area contributed by atoms with Crippen LogP contribution in [0.5, 0.6) is 5.75 Å². The molecule has 0 aliphatic heterocycles. The first-order valence-corrected chi connectivity index (χ1v) is 9.51. The van der Waals surface area contributed by atoms with Crippen LogP contribution in [0.2, 0.25) is 10.0 Å². The van der Waals surface area contributed by atoms with Gasteiger partial charge in [-0.05, 0) is 30.7 Å². The van der Waals surface area contributed by atoms with E-state index in [0.717, 1.165) is 16.9 Å². The van der Waals surface area contributed by atoms with Crippen molar-refractivity contribution in [1.82, 2.24) is 5.32 Å². The normalized spacial score (nSPS) is 10.5. The molecule has 0 radical (unpaired) electrons. The first-order valence-electron chi connectivity index (χ1n) is 7.59. The summed E-state index contributed by atoms with van der Waals surface area (Å²) >= 11 is 13.7. The van der Waals surface area contributed by atoms with Gasteiger partial charge in [-0.25, -0.2) is 0 Å². The highest BCUT2D eigenvalue weighted by atomic mass is 35.5. The molecule has 0 aliphatic carbocycles. The molecule has 2 aromatic rings. The molecule has 128 valence electrons. The van der Waals surface area contributed by atoms with Gasteiger partial charge in [-0.2, -0.15) is 0 Å². The van der Waals surface area contributed by atoms with Crippen molar-refractivity contribution in [3.05, 3.63) is 63.6 Å². The SMILES string of the molecule is CCOc1ccccc1CNC(=O)CSCc1c(Cl)cccc1Cl. The fourth-order valence-electron chi connectivity index (χ4n) is 2.11. The third kappa shape index (κ3) is 5.62. The van der Waals surface area contributed by atoms with Gasteiger partial charge in [0.05, 0.1) is 12.4 Å². The van der Waals surface area contributed by atoms with Gasteiger partial charge in [-0.3, -0.25) is 4.79 Å². The minimum Gasteiger partial charge on any atom is -0.494 e. The van der Waals surface area contributed by atoms with E-state index in [2.05, 4.69) is 5.32 Å². The number of halogens is 2. The molecule has 1 N–H and O–H groups in total. The summed E-state index contributed by atoms with van der Waals surface area (Å²) in [6, 6.07) is 13.1. The molecule has 0 saturated heterocycles. The molecule has 0 bridgehead atoms. The number of carbonyl (C=O) groups is 1. The Labute approximate surface area is 156 Å². The molecule has 2 aromatic carbocycles. The van der Waals surface area contributed by atoms with Gasteiger partial charge in [0.15, 0.2) is 0 Å². The van der Waals surface area contributed by atoms with Gasteiger partial charge >= 0.3 is 0 Å². The van der Waals surface area contributed by atoms with Crippen LogP contribution in [-0.2, 0) is 17.1 Å². The first kappa shape index (κ1) is 19.0. The summed E-state index contributed by atoms with van der Waals surface area (Å²) < 4.78 is 5.55. The summed E-state index contributed by atoms with van der Waals surface area (Å²) in [5.41, 5.74) is 1.83. The molecule has 6 heteroatoms. The Balaban J connectivity index is 1.80. The number of rotatable bonds is 8. The molecular weight excluding hydrogens is 365 g/mol. The number of amides is 1.